The van der Waals surface area contributed by atoms with E-state index in [1.165, 1.54) is 0 Å². The van der Waals surface area contributed by atoms with Crippen LogP contribution >= 0.6 is 0 Å². The highest BCUT2D eigenvalue weighted by atomic mass is 16.5. The van der Waals surface area contributed by atoms with Gasteiger partial charge < -0.3 is 23.7 Å². The zero-order valence-corrected chi connectivity index (χ0v) is 20.3. The summed E-state index contributed by atoms with van der Waals surface area (Å²) < 4.78 is 27.9. The second kappa shape index (κ2) is 11.3. The lowest BCUT2D eigenvalue weighted by Crippen LogP contribution is -2.45. The molecule has 184 valence electrons. The van der Waals surface area contributed by atoms with E-state index in [9.17, 15) is 4.79 Å². The normalized spacial score (nSPS) is 17.9. The Morgan fingerprint density at radius 2 is 1.44 bits per heavy atom. The summed E-state index contributed by atoms with van der Waals surface area (Å²) in [5.74, 6) is 0.898. The fourth-order valence-electron chi connectivity index (χ4n) is 4.14. The van der Waals surface area contributed by atoms with Gasteiger partial charge in [-0.2, -0.15) is 0 Å². The van der Waals surface area contributed by atoms with Crippen LogP contribution in [0.15, 0.2) is 48.5 Å². The summed E-state index contributed by atoms with van der Waals surface area (Å²) in [5, 5.41) is 0. The summed E-state index contributed by atoms with van der Waals surface area (Å²) in [7, 11) is 0. The Kier molecular flexibility index (Phi) is 8.24. The molecule has 0 aliphatic carbocycles. The van der Waals surface area contributed by atoms with E-state index < -0.39 is 0 Å². The van der Waals surface area contributed by atoms with Crippen LogP contribution in [0, 0.1) is 10.8 Å². The summed E-state index contributed by atoms with van der Waals surface area (Å²) in [6.45, 7) is 9.68. The van der Waals surface area contributed by atoms with Gasteiger partial charge in [-0.3, -0.25) is 0 Å². The summed E-state index contributed by atoms with van der Waals surface area (Å²) in [5.41, 5.74) is 2.13. The molecule has 0 amide bonds. The van der Waals surface area contributed by atoms with Gasteiger partial charge in [-0.25, -0.2) is 4.79 Å². The number of rotatable bonds is 13. The lowest BCUT2D eigenvalue weighted by atomic mass is 9.80. The van der Waals surface area contributed by atoms with Crippen LogP contribution in [-0.2, 0) is 20.6 Å². The van der Waals surface area contributed by atoms with E-state index in [2.05, 4.69) is 13.8 Å². The standard InChI is InChI=1S/C28H36O6/c1-3-27(17-31-18-27)14-16-33-24-11-7-23(8-12-24)26(29)34-25-9-5-22(6-10-25)13-15-30-19-28(4-2)20-32-21-28/h5-12H,3-4,13-21H2,1-2H3. The van der Waals surface area contributed by atoms with Crippen LogP contribution in [0.1, 0.15) is 49.0 Å². The van der Waals surface area contributed by atoms with E-state index in [0.29, 0.717) is 24.5 Å². The predicted molar refractivity (Wildman–Crippen MR) is 130 cm³/mol. The Morgan fingerprint density at radius 1 is 0.824 bits per heavy atom. The van der Waals surface area contributed by atoms with Crippen molar-refractivity contribution in [3.8, 4) is 11.5 Å². The molecule has 34 heavy (non-hydrogen) atoms. The van der Waals surface area contributed by atoms with Crippen molar-refractivity contribution in [1.29, 1.82) is 0 Å². The molecule has 0 radical (unpaired) electrons. The first-order valence-corrected chi connectivity index (χ1v) is 12.3. The molecule has 6 nitrogen and oxygen atoms in total. The summed E-state index contributed by atoms with van der Waals surface area (Å²) >= 11 is 0. The van der Waals surface area contributed by atoms with E-state index in [-0.39, 0.29) is 16.8 Å². The van der Waals surface area contributed by atoms with Gasteiger partial charge in [0.2, 0.25) is 0 Å². The molecule has 0 bridgehead atoms. The molecule has 0 unspecified atom stereocenters. The first-order valence-electron chi connectivity index (χ1n) is 12.3. The Balaban J connectivity index is 1.18. The topological polar surface area (TPSA) is 63.2 Å². The Bertz CT molecular complexity index is 902. The van der Waals surface area contributed by atoms with Crippen LogP contribution in [0.5, 0.6) is 11.5 Å². The van der Waals surface area contributed by atoms with Crippen molar-refractivity contribution >= 4 is 5.97 Å². The van der Waals surface area contributed by atoms with Crippen molar-refractivity contribution in [2.75, 3.05) is 46.2 Å². The van der Waals surface area contributed by atoms with Gasteiger partial charge in [0.25, 0.3) is 0 Å². The highest BCUT2D eigenvalue weighted by Gasteiger charge is 2.37. The molecule has 2 aromatic rings. The summed E-state index contributed by atoms with van der Waals surface area (Å²) in [6, 6.07) is 14.7. The van der Waals surface area contributed by atoms with Crippen LogP contribution < -0.4 is 9.47 Å². The fraction of sp³-hybridized carbons (Fsp3) is 0.536. The summed E-state index contributed by atoms with van der Waals surface area (Å²) in [4.78, 5) is 12.5. The highest BCUT2D eigenvalue weighted by molar-refractivity contribution is 5.91. The number of hydrogen-bond donors (Lipinski definition) is 0. The monoisotopic (exact) mass is 468 g/mol. The van der Waals surface area contributed by atoms with Gasteiger partial charge in [0.05, 0.1) is 51.8 Å². The van der Waals surface area contributed by atoms with Gasteiger partial charge in [-0.1, -0.05) is 26.0 Å². The van der Waals surface area contributed by atoms with Gasteiger partial charge in [0, 0.05) is 10.8 Å². The summed E-state index contributed by atoms with van der Waals surface area (Å²) in [6.07, 6.45) is 3.98. The quantitative estimate of drug-likeness (QED) is 0.232. The van der Waals surface area contributed by atoms with Gasteiger partial charge in [-0.05, 0) is 67.6 Å². The van der Waals surface area contributed by atoms with Crippen molar-refractivity contribution < 1.29 is 28.5 Å². The molecule has 2 fully saturated rings. The Hall–Kier alpha value is -2.41. The first-order chi connectivity index (χ1) is 16.6. The molecule has 2 aliphatic heterocycles. The minimum atomic E-state index is -0.383. The van der Waals surface area contributed by atoms with Crippen LogP contribution in [0.4, 0.5) is 0 Å². The van der Waals surface area contributed by atoms with Crippen molar-refractivity contribution in [1.82, 2.24) is 0 Å². The second-order valence-corrected chi connectivity index (χ2v) is 9.65. The largest absolute Gasteiger partial charge is 0.494 e. The molecular weight excluding hydrogens is 432 g/mol. The maximum Gasteiger partial charge on any atom is 0.343 e. The van der Waals surface area contributed by atoms with Crippen molar-refractivity contribution in [3.63, 3.8) is 0 Å². The third-order valence-corrected chi connectivity index (χ3v) is 7.20. The van der Waals surface area contributed by atoms with Crippen LogP contribution in [0.2, 0.25) is 0 Å². The average Bonchev–Trinajstić information content (AvgIpc) is 2.81. The lowest BCUT2D eigenvalue weighted by Gasteiger charge is -2.40. The number of carbonyl (C=O) groups excluding carboxylic acids is 1. The van der Waals surface area contributed by atoms with Crippen LogP contribution in [-0.4, -0.2) is 52.2 Å². The van der Waals surface area contributed by atoms with E-state index >= 15 is 0 Å². The highest BCUT2D eigenvalue weighted by Crippen LogP contribution is 2.35. The van der Waals surface area contributed by atoms with Gasteiger partial charge in [-0.15, -0.1) is 0 Å². The number of carbonyl (C=O) groups is 1. The van der Waals surface area contributed by atoms with Crippen LogP contribution in [0.25, 0.3) is 0 Å². The van der Waals surface area contributed by atoms with Gasteiger partial charge in [0.15, 0.2) is 0 Å². The predicted octanol–water partition coefficient (Wildman–Crippen LogP) is 5.09. The number of benzene rings is 2. The smallest absolute Gasteiger partial charge is 0.343 e. The SMILES string of the molecule is CCC1(CCOc2ccc(C(=O)Oc3ccc(CCOCC4(CC)COC4)cc3)cc2)COC1. The van der Waals surface area contributed by atoms with E-state index in [1.807, 2.05) is 36.4 Å². The molecule has 4 rings (SSSR count). The number of esters is 1. The number of hydrogen-bond acceptors (Lipinski definition) is 6. The number of ether oxygens (including phenoxy) is 5. The molecule has 2 saturated heterocycles. The lowest BCUT2D eigenvalue weighted by molar-refractivity contribution is -0.149. The molecule has 6 heteroatoms. The fourth-order valence-corrected chi connectivity index (χ4v) is 4.14. The zero-order chi connectivity index (χ0) is 23.9. The molecular formula is C28H36O6. The third-order valence-electron chi connectivity index (χ3n) is 7.20. The van der Waals surface area contributed by atoms with E-state index in [0.717, 1.165) is 70.0 Å². The van der Waals surface area contributed by atoms with E-state index in [4.69, 9.17) is 23.7 Å². The average molecular weight is 469 g/mol. The van der Waals surface area contributed by atoms with Gasteiger partial charge in [0.1, 0.15) is 11.5 Å². The zero-order valence-electron chi connectivity index (χ0n) is 20.3. The molecule has 0 aromatic heterocycles. The molecule has 2 aromatic carbocycles. The Labute approximate surface area is 202 Å². The van der Waals surface area contributed by atoms with Crippen LogP contribution in [0.3, 0.4) is 0 Å². The van der Waals surface area contributed by atoms with E-state index in [1.54, 1.807) is 12.1 Å². The third kappa shape index (κ3) is 6.17. The van der Waals surface area contributed by atoms with Crippen molar-refractivity contribution in [2.45, 2.75) is 39.5 Å². The molecule has 0 N–H and O–H groups in total. The molecule has 0 atom stereocenters. The molecule has 0 saturated carbocycles. The minimum absolute atomic E-state index is 0.214. The molecule has 2 aliphatic rings. The van der Waals surface area contributed by atoms with Gasteiger partial charge >= 0.3 is 5.97 Å². The Morgan fingerprint density at radius 3 is 2.00 bits per heavy atom. The first kappa shape index (κ1) is 24.7. The second-order valence-electron chi connectivity index (χ2n) is 9.65. The van der Waals surface area contributed by atoms with Crippen molar-refractivity contribution in [3.05, 3.63) is 59.7 Å². The van der Waals surface area contributed by atoms with Crippen molar-refractivity contribution in [2.24, 2.45) is 10.8 Å². The maximum atomic E-state index is 12.5. The minimum Gasteiger partial charge on any atom is -0.494 e. The molecule has 2 heterocycles. The maximum absolute atomic E-state index is 12.5. The molecule has 0 spiro atoms.